The molecule has 0 fully saturated rings. The van der Waals surface area contributed by atoms with Gasteiger partial charge < -0.3 is 15.2 Å². The van der Waals surface area contributed by atoms with Gasteiger partial charge in [-0.05, 0) is 49.2 Å². The predicted octanol–water partition coefficient (Wildman–Crippen LogP) is 3.40. The monoisotopic (exact) mass is 321 g/mol. The van der Waals surface area contributed by atoms with Gasteiger partial charge in [0.15, 0.2) is 11.6 Å². The number of ether oxygens (including phenoxy) is 1. The smallest absolute Gasteiger partial charge is 0.394 e. The number of rotatable bonds is 3. The van der Waals surface area contributed by atoms with Gasteiger partial charge in [0.1, 0.15) is 11.5 Å². The van der Waals surface area contributed by atoms with E-state index in [1.165, 1.54) is 18.2 Å². The van der Waals surface area contributed by atoms with E-state index in [0.29, 0.717) is 22.6 Å². The second kappa shape index (κ2) is 6.43. The van der Waals surface area contributed by atoms with Crippen LogP contribution in [0.15, 0.2) is 30.3 Å². The third-order valence-electron chi connectivity index (χ3n) is 3.02. The van der Waals surface area contributed by atoms with Gasteiger partial charge in [0.2, 0.25) is 0 Å². The molecule has 0 heterocycles. The number of halogens is 2. The highest BCUT2D eigenvalue weighted by Crippen LogP contribution is 2.32. The van der Waals surface area contributed by atoms with Crippen LogP contribution >= 0.6 is 0 Å². The summed E-state index contributed by atoms with van der Waals surface area (Å²) < 4.78 is 31.7. The van der Waals surface area contributed by atoms with Gasteiger partial charge in [-0.15, -0.1) is 0 Å². The molecule has 2 aromatic carbocycles. The van der Waals surface area contributed by atoms with E-state index < -0.39 is 23.5 Å². The molecule has 0 saturated heterocycles. The molecule has 0 saturated carbocycles. The van der Waals surface area contributed by atoms with Gasteiger partial charge in [-0.25, -0.2) is 13.6 Å². The highest BCUT2D eigenvalue weighted by atomic mass is 19.2. The number of carboxylic acid groups (broad SMARTS) is 1. The summed E-state index contributed by atoms with van der Waals surface area (Å²) >= 11 is 0. The zero-order valence-corrected chi connectivity index (χ0v) is 12.3. The summed E-state index contributed by atoms with van der Waals surface area (Å²) in [5.74, 6) is -4.22. The Labute approximate surface area is 130 Å². The molecule has 5 nitrogen and oxygen atoms in total. The lowest BCUT2D eigenvalue weighted by molar-refractivity contribution is -0.147. The number of aliphatic carboxylic acids is 1. The average molecular weight is 321 g/mol. The Hall–Kier alpha value is -2.96. The summed E-state index contributed by atoms with van der Waals surface area (Å²) in [6, 6.07) is 6.20. The Balaban J connectivity index is 2.28. The van der Waals surface area contributed by atoms with Crippen molar-refractivity contribution in [2.45, 2.75) is 13.8 Å². The largest absolute Gasteiger partial charge is 0.474 e. The maximum atomic E-state index is 13.2. The van der Waals surface area contributed by atoms with Crippen molar-refractivity contribution in [3.8, 4) is 11.5 Å². The van der Waals surface area contributed by atoms with Gasteiger partial charge in [0, 0.05) is 11.8 Å². The molecular weight excluding hydrogens is 308 g/mol. The van der Waals surface area contributed by atoms with Crippen LogP contribution in [-0.2, 0) is 9.59 Å². The van der Waals surface area contributed by atoms with Crippen LogP contribution in [0.2, 0.25) is 0 Å². The van der Waals surface area contributed by atoms with Crippen LogP contribution < -0.4 is 10.1 Å². The highest BCUT2D eigenvalue weighted by Gasteiger charge is 2.14. The van der Waals surface area contributed by atoms with Crippen molar-refractivity contribution in [3.63, 3.8) is 0 Å². The Morgan fingerprint density at radius 2 is 1.65 bits per heavy atom. The molecule has 0 aliphatic carbocycles. The molecule has 0 atom stereocenters. The third kappa shape index (κ3) is 3.82. The average Bonchev–Trinajstić information content (AvgIpc) is 2.46. The molecule has 0 aliphatic heterocycles. The van der Waals surface area contributed by atoms with E-state index in [2.05, 4.69) is 5.32 Å². The van der Waals surface area contributed by atoms with Gasteiger partial charge in [-0.2, -0.15) is 0 Å². The summed E-state index contributed by atoms with van der Waals surface area (Å²) in [5, 5.41) is 10.8. The molecule has 0 radical (unpaired) electrons. The normalized spacial score (nSPS) is 10.3. The number of carbonyl (C=O) groups excluding carboxylic acids is 1. The molecule has 0 aliphatic rings. The first-order chi connectivity index (χ1) is 10.8. The van der Waals surface area contributed by atoms with E-state index >= 15 is 0 Å². The molecule has 0 bridgehead atoms. The van der Waals surface area contributed by atoms with Crippen LogP contribution in [0.1, 0.15) is 11.1 Å². The van der Waals surface area contributed by atoms with E-state index in [-0.39, 0.29) is 5.75 Å². The van der Waals surface area contributed by atoms with Crippen LogP contribution in [0.5, 0.6) is 11.5 Å². The number of amides is 1. The zero-order chi connectivity index (χ0) is 17.1. The minimum absolute atomic E-state index is 0.123. The molecule has 120 valence electrons. The van der Waals surface area contributed by atoms with Crippen molar-refractivity contribution < 1.29 is 28.2 Å². The van der Waals surface area contributed by atoms with Gasteiger partial charge in [0.25, 0.3) is 0 Å². The zero-order valence-electron chi connectivity index (χ0n) is 12.3. The first-order valence-corrected chi connectivity index (χ1v) is 6.56. The summed E-state index contributed by atoms with van der Waals surface area (Å²) in [6.45, 7) is 3.36. The maximum absolute atomic E-state index is 13.2. The lowest BCUT2D eigenvalue weighted by atomic mass is 10.1. The Morgan fingerprint density at radius 3 is 2.17 bits per heavy atom. The summed E-state index contributed by atoms with van der Waals surface area (Å²) in [6.07, 6.45) is 0. The molecule has 7 heteroatoms. The summed E-state index contributed by atoms with van der Waals surface area (Å²) in [7, 11) is 0. The number of carbonyl (C=O) groups is 2. The van der Waals surface area contributed by atoms with Crippen molar-refractivity contribution in [1.82, 2.24) is 0 Å². The lowest BCUT2D eigenvalue weighted by Gasteiger charge is -2.14. The second-order valence-corrected chi connectivity index (χ2v) is 4.88. The first-order valence-electron chi connectivity index (χ1n) is 6.56. The number of nitrogens with one attached hydrogen (secondary N) is 1. The van der Waals surface area contributed by atoms with Crippen LogP contribution in [0.25, 0.3) is 0 Å². The number of benzene rings is 2. The fourth-order valence-corrected chi connectivity index (χ4v) is 2.03. The number of carboxylic acids is 1. The molecule has 0 unspecified atom stereocenters. The van der Waals surface area contributed by atoms with Crippen LogP contribution in [0.3, 0.4) is 0 Å². The molecule has 2 N–H and O–H groups in total. The second-order valence-electron chi connectivity index (χ2n) is 4.88. The van der Waals surface area contributed by atoms with E-state index in [1.807, 2.05) is 0 Å². The van der Waals surface area contributed by atoms with E-state index in [1.54, 1.807) is 13.8 Å². The molecular formula is C16H13F2NO4. The van der Waals surface area contributed by atoms with Crippen molar-refractivity contribution in [3.05, 3.63) is 53.1 Å². The Bertz CT molecular complexity index is 767. The van der Waals surface area contributed by atoms with Crippen LogP contribution in [0, 0.1) is 25.5 Å². The maximum Gasteiger partial charge on any atom is 0.394 e. The summed E-state index contributed by atoms with van der Waals surface area (Å²) in [4.78, 5) is 21.7. The number of anilines is 1. The molecule has 2 aromatic rings. The first kappa shape index (κ1) is 16.4. The topological polar surface area (TPSA) is 75.6 Å². The molecule has 23 heavy (non-hydrogen) atoms. The Kier molecular flexibility index (Phi) is 4.59. The molecule has 0 spiro atoms. The van der Waals surface area contributed by atoms with Crippen molar-refractivity contribution >= 4 is 17.6 Å². The fraction of sp³-hybridized carbons (Fsp3) is 0.125. The number of hydrogen-bond donors (Lipinski definition) is 2. The molecule has 1 amide bonds. The predicted molar refractivity (Wildman–Crippen MR) is 78.6 cm³/mol. The molecule has 2 rings (SSSR count). The standard InChI is InChI=1S/C16H13F2NO4/c1-8-5-10(19-15(20)16(21)22)6-9(2)14(8)23-11-3-4-12(17)13(18)7-11/h3-7H,1-2H3,(H,19,20)(H,21,22). The highest BCUT2D eigenvalue weighted by molar-refractivity contribution is 6.36. The van der Waals surface area contributed by atoms with E-state index in [0.717, 1.165) is 12.1 Å². The quantitative estimate of drug-likeness (QED) is 0.850. The van der Waals surface area contributed by atoms with Crippen LogP contribution in [0.4, 0.5) is 14.5 Å². The minimum Gasteiger partial charge on any atom is -0.474 e. The van der Waals surface area contributed by atoms with Crippen molar-refractivity contribution in [2.24, 2.45) is 0 Å². The minimum atomic E-state index is -1.59. The lowest BCUT2D eigenvalue weighted by Crippen LogP contribution is -2.21. The van der Waals surface area contributed by atoms with E-state index in [4.69, 9.17) is 9.84 Å². The van der Waals surface area contributed by atoms with Gasteiger partial charge >= 0.3 is 11.9 Å². The van der Waals surface area contributed by atoms with Gasteiger partial charge in [-0.1, -0.05) is 0 Å². The molecule has 0 aromatic heterocycles. The van der Waals surface area contributed by atoms with Gasteiger partial charge in [0.05, 0.1) is 0 Å². The van der Waals surface area contributed by atoms with Crippen molar-refractivity contribution in [2.75, 3.05) is 5.32 Å². The van der Waals surface area contributed by atoms with Crippen molar-refractivity contribution in [1.29, 1.82) is 0 Å². The number of aryl methyl sites for hydroxylation is 2. The van der Waals surface area contributed by atoms with Gasteiger partial charge in [-0.3, -0.25) is 4.79 Å². The third-order valence-corrected chi connectivity index (χ3v) is 3.02. The Morgan fingerprint density at radius 1 is 1.04 bits per heavy atom. The van der Waals surface area contributed by atoms with E-state index in [9.17, 15) is 18.4 Å². The SMILES string of the molecule is Cc1cc(NC(=O)C(=O)O)cc(C)c1Oc1ccc(F)c(F)c1. The fourth-order valence-electron chi connectivity index (χ4n) is 2.03. The van der Waals surface area contributed by atoms with Crippen LogP contribution in [-0.4, -0.2) is 17.0 Å². The number of hydrogen-bond acceptors (Lipinski definition) is 3. The summed E-state index contributed by atoms with van der Waals surface area (Å²) in [5.41, 5.74) is 1.48.